The van der Waals surface area contributed by atoms with E-state index in [2.05, 4.69) is 16.0 Å². The predicted molar refractivity (Wildman–Crippen MR) is 79.6 cm³/mol. The molecule has 0 saturated carbocycles. The van der Waals surface area contributed by atoms with Crippen LogP contribution in [-0.2, 0) is 0 Å². The molecule has 2 aromatic heterocycles. The largest absolute Gasteiger partial charge is 0.360 e. The molecule has 0 unspecified atom stereocenters. The summed E-state index contributed by atoms with van der Waals surface area (Å²) in [6.07, 6.45) is 8.77. The molecule has 0 radical (unpaired) electrons. The molecule has 0 atom stereocenters. The van der Waals surface area contributed by atoms with Crippen molar-refractivity contribution in [2.24, 2.45) is 5.92 Å². The van der Waals surface area contributed by atoms with Gasteiger partial charge in [0.2, 0.25) is 0 Å². The molecule has 2 aromatic rings. The number of nitriles is 1. The van der Waals surface area contributed by atoms with Crippen LogP contribution < -0.4 is 0 Å². The van der Waals surface area contributed by atoms with Crippen LogP contribution in [0.1, 0.15) is 36.0 Å². The molecule has 0 aromatic carbocycles. The number of rotatable bonds is 3. The van der Waals surface area contributed by atoms with E-state index in [0.717, 1.165) is 43.3 Å². The third kappa shape index (κ3) is 2.75. The fourth-order valence-corrected chi connectivity index (χ4v) is 3.01. The average Bonchev–Trinajstić information content (AvgIpc) is 3.01. The van der Waals surface area contributed by atoms with Crippen molar-refractivity contribution in [1.82, 2.24) is 14.9 Å². The molecule has 1 aliphatic rings. The lowest BCUT2D eigenvalue weighted by atomic mass is 9.92. The van der Waals surface area contributed by atoms with Gasteiger partial charge in [0.15, 0.2) is 0 Å². The molecule has 21 heavy (non-hydrogen) atoms. The van der Waals surface area contributed by atoms with Crippen LogP contribution in [0, 0.1) is 17.2 Å². The van der Waals surface area contributed by atoms with Gasteiger partial charge in [0, 0.05) is 37.3 Å². The Hall–Kier alpha value is -2.35. The van der Waals surface area contributed by atoms with Crippen LogP contribution in [0.3, 0.4) is 0 Å². The lowest BCUT2D eigenvalue weighted by Crippen LogP contribution is -2.38. The van der Waals surface area contributed by atoms with E-state index in [4.69, 9.17) is 5.26 Å². The first-order chi connectivity index (χ1) is 10.3. The van der Waals surface area contributed by atoms with E-state index in [9.17, 15) is 4.79 Å². The topological polar surface area (TPSA) is 72.8 Å². The zero-order chi connectivity index (χ0) is 14.7. The molecule has 1 saturated heterocycles. The van der Waals surface area contributed by atoms with Gasteiger partial charge in [0.25, 0.3) is 5.91 Å². The van der Waals surface area contributed by atoms with E-state index in [1.54, 1.807) is 12.4 Å². The number of fused-ring (bicyclic) bond motifs is 1. The van der Waals surface area contributed by atoms with Crippen molar-refractivity contribution in [1.29, 1.82) is 5.26 Å². The van der Waals surface area contributed by atoms with E-state index < -0.39 is 0 Å². The third-order valence-corrected chi connectivity index (χ3v) is 4.27. The molecule has 1 amide bonds. The van der Waals surface area contributed by atoms with Crippen molar-refractivity contribution in [3.8, 4) is 6.07 Å². The molecule has 1 fully saturated rings. The molecule has 108 valence electrons. The number of nitrogens with one attached hydrogen (secondary N) is 1. The van der Waals surface area contributed by atoms with Crippen molar-refractivity contribution >= 4 is 16.8 Å². The van der Waals surface area contributed by atoms with Gasteiger partial charge < -0.3 is 9.88 Å². The van der Waals surface area contributed by atoms with Gasteiger partial charge in [-0.1, -0.05) is 0 Å². The fraction of sp³-hybridized carbons (Fsp3) is 0.438. The highest BCUT2D eigenvalue weighted by molar-refractivity contribution is 6.05. The SMILES string of the molecule is N#CCCC1CCN(C(=O)c2cncc3[nH]ccc23)CC1. The summed E-state index contributed by atoms with van der Waals surface area (Å²) in [7, 11) is 0. The molecule has 0 spiro atoms. The van der Waals surface area contributed by atoms with Crippen molar-refractivity contribution in [2.45, 2.75) is 25.7 Å². The van der Waals surface area contributed by atoms with Gasteiger partial charge in [-0.05, 0) is 31.2 Å². The van der Waals surface area contributed by atoms with Gasteiger partial charge in [-0.3, -0.25) is 9.78 Å². The summed E-state index contributed by atoms with van der Waals surface area (Å²) < 4.78 is 0. The molecule has 0 aliphatic carbocycles. The molecular formula is C16H18N4O. The van der Waals surface area contributed by atoms with E-state index >= 15 is 0 Å². The highest BCUT2D eigenvalue weighted by Crippen LogP contribution is 2.24. The van der Waals surface area contributed by atoms with Crippen LogP contribution in [-0.4, -0.2) is 33.9 Å². The summed E-state index contributed by atoms with van der Waals surface area (Å²) in [6.45, 7) is 1.55. The molecule has 3 rings (SSSR count). The van der Waals surface area contributed by atoms with Gasteiger partial charge in [0.05, 0.1) is 23.3 Å². The number of carbonyl (C=O) groups excluding carboxylic acids is 1. The number of likely N-dealkylation sites (tertiary alicyclic amines) is 1. The van der Waals surface area contributed by atoms with Crippen LogP contribution in [0.4, 0.5) is 0 Å². The maximum absolute atomic E-state index is 12.7. The highest BCUT2D eigenvalue weighted by Gasteiger charge is 2.24. The zero-order valence-electron chi connectivity index (χ0n) is 11.9. The first-order valence-electron chi connectivity index (χ1n) is 7.37. The lowest BCUT2D eigenvalue weighted by Gasteiger charge is -2.31. The second-order valence-corrected chi connectivity index (χ2v) is 5.56. The van der Waals surface area contributed by atoms with Crippen LogP contribution in [0.25, 0.3) is 10.9 Å². The smallest absolute Gasteiger partial charge is 0.256 e. The Balaban J connectivity index is 1.70. The number of pyridine rings is 1. The maximum atomic E-state index is 12.7. The predicted octanol–water partition coefficient (Wildman–Crippen LogP) is 2.72. The fourth-order valence-electron chi connectivity index (χ4n) is 3.01. The summed E-state index contributed by atoms with van der Waals surface area (Å²) in [5.41, 5.74) is 1.56. The number of nitrogens with zero attached hydrogens (tertiary/aromatic N) is 3. The second kappa shape index (κ2) is 5.96. The van der Waals surface area contributed by atoms with Crippen molar-refractivity contribution in [2.75, 3.05) is 13.1 Å². The molecule has 1 N–H and O–H groups in total. The van der Waals surface area contributed by atoms with E-state index in [-0.39, 0.29) is 5.91 Å². The second-order valence-electron chi connectivity index (χ2n) is 5.56. The number of H-pyrrole nitrogens is 1. The van der Waals surface area contributed by atoms with E-state index in [1.807, 2.05) is 17.2 Å². The van der Waals surface area contributed by atoms with Gasteiger partial charge in [-0.25, -0.2) is 0 Å². The average molecular weight is 282 g/mol. The Bertz CT molecular complexity index is 677. The Labute approximate surface area is 123 Å². The summed E-state index contributed by atoms with van der Waals surface area (Å²) in [5.74, 6) is 0.640. The number of carbonyl (C=O) groups is 1. The minimum Gasteiger partial charge on any atom is -0.360 e. The molecule has 5 nitrogen and oxygen atoms in total. The molecular weight excluding hydrogens is 264 g/mol. The highest BCUT2D eigenvalue weighted by atomic mass is 16.2. The van der Waals surface area contributed by atoms with Crippen LogP contribution in [0.15, 0.2) is 24.7 Å². The number of piperidine rings is 1. The normalized spacial score (nSPS) is 16.0. The maximum Gasteiger partial charge on any atom is 0.256 e. The molecule has 5 heteroatoms. The van der Waals surface area contributed by atoms with Crippen LogP contribution in [0.5, 0.6) is 0 Å². The minimum atomic E-state index is 0.0615. The first kappa shape index (κ1) is 13.6. The Morgan fingerprint density at radius 2 is 2.24 bits per heavy atom. The lowest BCUT2D eigenvalue weighted by molar-refractivity contribution is 0.0689. The van der Waals surface area contributed by atoms with Crippen molar-refractivity contribution in [3.63, 3.8) is 0 Å². The molecule has 0 bridgehead atoms. The Kier molecular flexibility index (Phi) is 3.87. The Morgan fingerprint density at radius 3 is 3.00 bits per heavy atom. The number of aromatic nitrogens is 2. The van der Waals surface area contributed by atoms with Crippen LogP contribution in [0.2, 0.25) is 0 Å². The molecule has 1 aliphatic heterocycles. The summed E-state index contributed by atoms with van der Waals surface area (Å²) >= 11 is 0. The number of aromatic amines is 1. The van der Waals surface area contributed by atoms with E-state index in [1.165, 1.54) is 0 Å². The van der Waals surface area contributed by atoms with Crippen LogP contribution >= 0.6 is 0 Å². The van der Waals surface area contributed by atoms with Gasteiger partial charge >= 0.3 is 0 Å². The van der Waals surface area contributed by atoms with E-state index in [0.29, 0.717) is 17.9 Å². The summed E-state index contributed by atoms with van der Waals surface area (Å²) in [5, 5.41) is 9.57. The monoisotopic (exact) mass is 282 g/mol. The van der Waals surface area contributed by atoms with Crippen molar-refractivity contribution in [3.05, 3.63) is 30.2 Å². The summed E-state index contributed by atoms with van der Waals surface area (Å²) in [6, 6.07) is 4.12. The summed E-state index contributed by atoms with van der Waals surface area (Å²) in [4.78, 5) is 21.8. The minimum absolute atomic E-state index is 0.0615. The standard InChI is InChI=1S/C16H18N4O/c17-6-1-2-12-4-8-20(9-5-12)16(21)14-10-18-11-15-13(14)3-7-19-15/h3,7,10-12,19H,1-2,4-5,8-9H2. The van der Waals surface area contributed by atoms with Gasteiger partial charge in [-0.15, -0.1) is 0 Å². The number of hydrogen-bond donors (Lipinski definition) is 1. The van der Waals surface area contributed by atoms with Crippen molar-refractivity contribution < 1.29 is 4.79 Å². The number of amides is 1. The zero-order valence-corrected chi connectivity index (χ0v) is 11.9. The number of hydrogen-bond acceptors (Lipinski definition) is 3. The van der Waals surface area contributed by atoms with Gasteiger partial charge in [-0.2, -0.15) is 5.26 Å². The third-order valence-electron chi connectivity index (χ3n) is 4.27. The first-order valence-corrected chi connectivity index (χ1v) is 7.37. The van der Waals surface area contributed by atoms with Gasteiger partial charge in [0.1, 0.15) is 0 Å². The Morgan fingerprint density at radius 1 is 1.43 bits per heavy atom. The molecule has 3 heterocycles. The quantitative estimate of drug-likeness (QED) is 0.940.